The molecular formula is C19H21N3O6. The van der Waals surface area contributed by atoms with Crippen LogP contribution in [-0.2, 0) is 9.53 Å². The number of ether oxygens (including phenoxy) is 2. The first-order valence-corrected chi connectivity index (χ1v) is 8.47. The Morgan fingerprint density at radius 2 is 1.82 bits per heavy atom. The number of benzene rings is 2. The molecule has 9 nitrogen and oxygen atoms in total. The van der Waals surface area contributed by atoms with Crippen molar-refractivity contribution in [3.63, 3.8) is 0 Å². The van der Waals surface area contributed by atoms with Crippen molar-refractivity contribution in [3.8, 4) is 5.75 Å². The summed E-state index contributed by atoms with van der Waals surface area (Å²) < 4.78 is 10.3. The van der Waals surface area contributed by atoms with Crippen molar-refractivity contribution in [2.24, 2.45) is 0 Å². The molecule has 1 amide bonds. The van der Waals surface area contributed by atoms with E-state index >= 15 is 0 Å². The Morgan fingerprint density at radius 3 is 2.39 bits per heavy atom. The summed E-state index contributed by atoms with van der Waals surface area (Å²) in [5.74, 6) is -0.679. The molecule has 2 rings (SSSR count). The fourth-order valence-electron chi connectivity index (χ4n) is 2.39. The molecule has 2 aromatic carbocycles. The van der Waals surface area contributed by atoms with Crippen LogP contribution >= 0.6 is 0 Å². The normalized spacial score (nSPS) is 10.1. The molecule has 2 aromatic rings. The summed E-state index contributed by atoms with van der Waals surface area (Å²) >= 11 is 0. The van der Waals surface area contributed by atoms with Crippen molar-refractivity contribution in [2.45, 2.75) is 6.92 Å². The zero-order valence-electron chi connectivity index (χ0n) is 15.8. The third-order valence-corrected chi connectivity index (χ3v) is 3.67. The van der Waals surface area contributed by atoms with Gasteiger partial charge in [-0.25, -0.2) is 4.79 Å². The zero-order valence-corrected chi connectivity index (χ0v) is 15.8. The highest BCUT2D eigenvalue weighted by Crippen LogP contribution is 2.28. The van der Waals surface area contributed by atoms with Gasteiger partial charge in [-0.15, -0.1) is 0 Å². The van der Waals surface area contributed by atoms with Crippen molar-refractivity contribution in [1.82, 2.24) is 0 Å². The van der Waals surface area contributed by atoms with Crippen LogP contribution in [0.1, 0.15) is 17.3 Å². The van der Waals surface area contributed by atoms with E-state index in [4.69, 9.17) is 9.47 Å². The highest BCUT2D eigenvalue weighted by atomic mass is 16.6. The average Bonchev–Trinajstić information content (AvgIpc) is 2.67. The van der Waals surface area contributed by atoms with Crippen LogP contribution in [-0.4, -0.2) is 44.1 Å². The van der Waals surface area contributed by atoms with E-state index in [9.17, 15) is 19.7 Å². The van der Waals surface area contributed by atoms with Crippen molar-refractivity contribution >= 4 is 28.9 Å². The second-order valence-electron chi connectivity index (χ2n) is 5.94. The molecule has 0 aliphatic carbocycles. The zero-order chi connectivity index (χ0) is 20.7. The summed E-state index contributed by atoms with van der Waals surface area (Å²) in [5, 5.41) is 13.8. The average molecular weight is 387 g/mol. The van der Waals surface area contributed by atoms with Crippen molar-refractivity contribution in [2.75, 3.05) is 37.5 Å². The molecule has 28 heavy (non-hydrogen) atoms. The van der Waals surface area contributed by atoms with E-state index < -0.39 is 23.4 Å². The number of carbonyl (C=O) groups is 2. The van der Waals surface area contributed by atoms with Crippen LogP contribution in [0.25, 0.3) is 0 Å². The maximum absolute atomic E-state index is 12.1. The third kappa shape index (κ3) is 5.44. The molecule has 0 atom stereocenters. The summed E-state index contributed by atoms with van der Waals surface area (Å²) in [6.07, 6.45) is 0. The number of hydrogen-bond donors (Lipinski definition) is 1. The Hall–Kier alpha value is -3.62. The lowest BCUT2D eigenvalue weighted by Crippen LogP contribution is -2.21. The Balaban J connectivity index is 1.96. The van der Waals surface area contributed by atoms with Crippen LogP contribution in [0.15, 0.2) is 42.5 Å². The molecule has 1 N–H and O–H groups in total. The third-order valence-electron chi connectivity index (χ3n) is 3.67. The van der Waals surface area contributed by atoms with Crippen LogP contribution in [0.5, 0.6) is 5.75 Å². The Bertz CT molecular complexity index is 864. The number of nitrogens with one attached hydrogen (secondary N) is 1. The Morgan fingerprint density at radius 1 is 1.14 bits per heavy atom. The van der Waals surface area contributed by atoms with Gasteiger partial charge in [0.05, 0.1) is 17.1 Å². The number of hydrogen-bond acceptors (Lipinski definition) is 7. The minimum absolute atomic E-state index is 0.00818. The van der Waals surface area contributed by atoms with E-state index in [2.05, 4.69) is 5.32 Å². The molecule has 0 spiro atoms. The van der Waals surface area contributed by atoms with E-state index in [1.807, 2.05) is 6.92 Å². The fourth-order valence-corrected chi connectivity index (χ4v) is 2.39. The second-order valence-corrected chi connectivity index (χ2v) is 5.94. The van der Waals surface area contributed by atoms with Gasteiger partial charge in [0.25, 0.3) is 11.6 Å². The second kappa shape index (κ2) is 9.36. The smallest absolute Gasteiger partial charge is 0.338 e. The summed E-state index contributed by atoms with van der Waals surface area (Å²) in [7, 11) is 3.32. The first kappa shape index (κ1) is 20.7. The molecule has 0 aliphatic heterocycles. The van der Waals surface area contributed by atoms with Gasteiger partial charge in [-0.1, -0.05) is 0 Å². The van der Waals surface area contributed by atoms with Crippen LogP contribution in [0.2, 0.25) is 0 Å². The molecule has 0 aliphatic rings. The van der Waals surface area contributed by atoms with Crippen molar-refractivity contribution in [1.29, 1.82) is 0 Å². The van der Waals surface area contributed by atoms with Gasteiger partial charge in [0.1, 0.15) is 11.4 Å². The lowest BCUT2D eigenvalue weighted by atomic mass is 10.1. The number of rotatable bonds is 8. The molecule has 148 valence electrons. The van der Waals surface area contributed by atoms with Crippen LogP contribution in [0.4, 0.5) is 17.1 Å². The summed E-state index contributed by atoms with van der Waals surface area (Å²) in [6.45, 7) is 1.89. The number of anilines is 2. The molecule has 0 heterocycles. The summed E-state index contributed by atoms with van der Waals surface area (Å²) in [5.41, 5.74) is 0.648. The SMILES string of the molecule is CCOc1ccc(NC(=O)COC(=O)c2ccc(N(C)C)c([N+](=O)[O-])c2)cc1. The van der Waals surface area contributed by atoms with Crippen LogP contribution in [0.3, 0.4) is 0 Å². The number of esters is 1. The first-order chi connectivity index (χ1) is 13.3. The predicted octanol–water partition coefficient (Wildman–Crippen LogP) is 2.86. The monoisotopic (exact) mass is 387 g/mol. The number of carbonyl (C=O) groups excluding carboxylic acids is 2. The lowest BCUT2D eigenvalue weighted by molar-refractivity contribution is -0.384. The minimum atomic E-state index is -0.824. The number of nitrogens with zero attached hydrogens (tertiary/aromatic N) is 2. The highest BCUT2D eigenvalue weighted by molar-refractivity contribution is 5.96. The van der Waals surface area contributed by atoms with Gasteiger partial charge in [0.2, 0.25) is 0 Å². The van der Waals surface area contributed by atoms with Gasteiger partial charge in [0.15, 0.2) is 6.61 Å². The summed E-state index contributed by atoms with van der Waals surface area (Å²) in [4.78, 5) is 36.2. The molecule has 0 aromatic heterocycles. The van der Waals surface area contributed by atoms with Crippen LogP contribution < -0.4 is 15.0 Å². The number of nitro groups is 1. The van der Waals surface area contributed by atoms with Crippen molar-refractivity contribution in [3.05, 3.63) is 58.1 Å². The topological polar surface area (TPSA) is 111 Å². The Labute approximate surface area is 162 Å². The van der Waals surface area contributed by atoms with E-state index in [1.54, 1.807) is 43.3 Å². The molecule has 0 radical (unpaired) electrons. The van der Waals surface area contributed by atoms with E-state index in [0.29, 0.717) is 23.7 Å². The highest BCUT2D eigenvalue weighted by Gasteiger charge is 2.20. The maximum atomic E-state index is 12.1. The fraction of sp³-hybridized carbons (Fsp3) is 0.263. The van der Waals surface area contributed by atoms with E-state index in [0.717, 1.165) is 6.07 Å². The molecular weight excluding hydrogens is 366 g/mol. The molecule has 0 saturated heterocycles. The molecule has 0 unspecified atom stereocenters. The number of amides is 1. The van der Waals surface area contributed by atoms with Gasteiger partial charge in [-0.05, 0) is 43.3 Å². The molecule has 0 fully saturated rings. The van der Waals surface area contributed by atoms with Gasteiger partial charge < -0.3 is 19.7 Å². The van der Waals surface area contributed by atoms with Gasteiger partial charge in [-0.2, -0.15) is 0 Å². The van der Waals surface area contributed by atoms with E-state index in [1.165, 1.54) is 12.1 Å². The first-order valence-electron chi connectivity index (χ1n) is 8.47. The Kier molecular flexibility index (Phi) is 6.91. The minimum Gasteiger partial charge on any atom is -0.494 e. The van der Waals surface area contributed by atoms with Gasteiger partial charge in [0, 0.05) is 25.8 Å². The largest absolute Gasteiger partial charge is 0.494 e. The molecule has 0 saturated carbocycles. The van der Waals surface area contributed by atoms with Gasteiger partial charge >= 0.3 is 5.97 Å². The van der Waals surface area contributed by atoms with Gasteiger partial charge in [-0.3, -0.25) is 14.9 Å². The summed E-state index contributed by atoms with van der Waals surface area (Å²) in [6, 6.07) is 10.7. The maximum Gasteiger partial charge on any atom is 0.338 e. The predicted molar refractivity (Wildman–Crippen MR) is 104 cm³/mol. The van der Waals surface area contributed by atoms with Crippen LogP contribution in [0, 0.1) is 10.1 Å². The molecule has 9 heteroatoms. The lowest BCUT2D eigenvalue weighted by Gasteiger charge is -2.13. The van der Waals surface area contributed by atoms with E-state index in [-0.39, 0.29) is 11.3 Å². The standard InChI is InChI=1S/C19H21N3O6/c1-4-27-15-8-6-14(7-9-15)20-18(23)12-28-19(24)13-5-10-16(21(2)3)17(11-13)22(25)26/h5-11H,4,12H2,1-3H3,(H,20,23). The quantitative estimate of drug-likeness (QED) is 0.421. The number of nitro benzene ring substituents is 1. The molecule has 0 bridgehead atoms. The van der Waals surface area contributed by atoms with Crippen molar-refractivity contribution < 1.29 is 24.0 Å².